The molecule has 2 N–H and O–H groups in total. The number of ether oxygens (including phenoxy) is 1. The van der Waals surface area contributed by atoms with Gasteiger partial charge < -0.3 is 10.5 Å². The summed E-state index contributed by atoms with van der Waals surface area (Å²) in [5.41, 5.74) is 7.61. The molecule has 1 aromatic heterocycles. The Labute approximate surface area is 78.9 Å². The smallest absolute Gasteiger partial charge is 0.123 e. The summed E-state index contributed by atoms with van der Waals surface area (Å²) in [6, 6.07) is 3.83. The number of nitrogens with zero attached hydrogens (tertiary/aromatic N) is 1. The summed E-state index contributed by atoms with van der Waals surface area (Å²) in [5, 5.41) is 0. The van der Waals surface area contributed by atoms with Gasteiger partial charge in [0.05, 0.1) is 18.4 Å². The zero-order valence-corrected chi connectivity index (χ0v) is 8.37. The summed E-state index contributed by atoms with van der Waals surface area (Å²) in [6.07, 6.45) is 0.225. The summed E-state index contributed by atoms with van der Waals surface area (Å²) >= 11 is 0. The van der Waals surface area contributed by atoms with Crippen molar-refractivity contribution in [1.82, 2.24) is 4.98 Å². The van der Waals surface area contributed by atoms with Crippen molar-refractivity contribution in [2.45, 2.75) is 33.5 Å². The topological polar surface area (TPSA) is 48.1 Å². The Hall–Kier alpha value is -1.09. The molecule has 0 aliphatic rings. The fraction of sp³-hybridized carbons (Fsp3) is 0.500. The highest BCUT2D eigenvalue weighted by Crippen LogP contribution is 2.08. The average molecular weight is 180 g/mol. The lowest BCUT2D eigenvalue weighted by atomic mass is 10.2. The first kappa shape index (κ1) is 9.99. The number of nitrogen functional groups attached to an aromatic ring is 1. The van der Waals surface area contributed by atoms with Crippen LogP contribution in [0, 0.1) is 6.92 Å². The van der Waals surface area contributed by atoms with Crippen LogP contribution in [0.15, 0.2) is 12.1 Å². The minimum Gasteiger partial charge on any atom is -0.384 e. The van der Waals surface area contributed by atoms with Crippen LogP contribution in [0.25, 0.3) is 0 Å². The number of aryl methyl sites for hydroxylation is 1. The number of anilines is 1. The molecule has 1 aromatic rings. The van der Waals surface area contributed by atoms with E-state index in [1.54, 1.807) is 0 Å². The van der Waals surface area contributed by atoms with E-state index < -0.39 is 0 Å². The molecule has 0 fully saturated rings. The Morgan fingerprint density at radius 3 is 2.69 bits per heavy atom. The lowest BCUT2D eigenvalue weighted by Crippen LogP contribution is -2.05. The summed E-state index contributed by atoms with van der Waals surface area (Å²) in [7, 11) is 0. The predicted molar refractivity (Wildman–Crippen MR) is 53.3 cm³/mol. The monoisotopic (exact) mass is 180 g/mol. The molecule has 0 saturated carbocycles. The maximum atomic E-state index is 5.60. The molecule has 0 amide bonds. The first-order valence-corrected chi connectivity index (χ1v) is 4.42. The van der Waals surface area contributed by atoms with Crippen molar-refractivity contribution >= 4 is 5.82 Å². The van der Waals surface area contributed by atoms with Gasteiger partial charge in [-0.1, -0.05) is 0 Å². The van der Waals surface area contributed by atoms with Gasteiger partial charge in [0.2, 0.25) is 0 Å². The first-order chi connectivity index (χ1) is 6.08. The number of pyridine rings is 1. The third kappa shape index (κ3) is 3.42. The molecule has 3 nitrogen and oxygen atoms in total. The number of aromatic nitrogens is 1. The molecule has 0 spiro atoms. The fourth-order valence-electron chi connectivity index (χ4n) is 1.09. The number of rotatable bonds is 3. The normalized spacial score (nSPS) is 10.8. The van der Waals surface area contributed by atoms with E-state index in [0.717, 1.165) is 11.3 Å². The van der Waals surface area contributed by atoms with E-state index in [4.69, 9.17) is 10.5 Å². The van der Waals surface area contributed by atoms with Crippen molar-refractivity contribution in [2.75, 3.05) is 5.73 Å². The highest BCUT2D eigenvalue weighted by Gasteiger charge is 1.99. The van der Waals surface area contributed by atoms with Crippen molar-refractivity contribution in [3.8, 4) is 0 Å². The van der Waals surface area contributed by atoms with E-state index in [0.29, 0.717) is 12.4 Å². The molecule has 0 aromatic carbocycles. The van der Waals surface area contributed by atoms with Gasteiger partial charge in [-0.2, -0.15) is 0 Å². The summed E-state index contributed by atoms with van der Waals surface area (Å²) in [5.74, 6) is 0.558. The second kappa shape index (κ2) is 4.23. The molecule has 0 unspecified atom stereocenters. The van der Waals surface area contributed by atoms with Crippen LogP contribution in [0.5, 0.6) is 0 Å². The van der Waals surface area contributed by atoms with Crippen LogP contribution < -0.4 is 5.73 Å². The standard InChI is InChI=1S/C10H16N2O/c1-7(2)13-6-9-4-8(3)5-10(11)12-9/h4-5,7H,6H2,1-3H3,(H2,11,12). The molecule has 13 heavy (non-hydrogen) atoms. The minimum atomic E-state index is 0.225. The number of nitrogens with two attached hydrogens (primary N) is 1. The molecule has 0 aliphatic heterocycles. The molecule has 0 bridgehead atoms. The average Bonchev–Trinajstić information content (AvgIpc) is 1.99. The quantitative estimate of drug-likeness (QED) is 0.772. The Kier molecular flexibility index (Phi) is 3.25. The second-order valence-corrected chi connectivity index (χ2v) is 3.42. The first-order valence-electron chi connectivity index (χ1n) is 4.42. The van der Waals surface area contributed by atoms with E-state index >= 15 is 0 Å². The Morgan fingerprint density at radius 1 is 1.46 bits per heavy atom. The van der Waals surface area contributed by atoms with Gasteiger partial charge in [0.15, 0.2) is 0 Å². The molecule has 0 radical (unpaired) electrons. The Balaban J connectivity index is 2.66. The van der Waals surface area contributed by atoms with Gasteiger partial charge in [0.25, 0.3) is 0 Å². The van der Waals surface area contributed by atoms with Gasteiger partial charge in [-0.25, -0.2) is 4.98 Å². The predicted octanol–water partition coefficient (Wildman–Crippen LogP) is 1.90. The van der Waals surface area contributed by atoms with E-state index in [1.807, 2.05) is 32.9 Å². The molecule has 0 aliphatic carbocycles. The minimum absolute atomic E-state index is 0.225. The highest BCUT2D eigenvalue weighted by molar-refractivity contribution is 5.33. The van der Waals surface area contributed by atoms with Crippen LogP contribution in [-0.2, 0) is 11.3 Å². The van der Waals surface area contributed by atoms with Gasteiger partial charge >= 0.3 is 0 Å². The molecule has 1 rings (SSSR count). The SMILES string of the molecule is Cc1cc(N)nc(COC(C)C)c1. The van der Waals surface area contributed by atoms with Gasteiger partial charge in [0, 0.05) is 0 Å². The highest BCUT2D eigenvalue weighted by atomic mass is 16.5. The molecular weight excluding hydrogens is 164 g/mol. The zero-order valence-electron chi connectivity index (χ0n) is 8.37. The second-order valence-electron chi connectivity index (χ2n) is 3.42. The van der Waals surface area contributed by atoms with Gasteiger partial charge in [-0.15, -0.1) is 0 Å². The molecule has 3 heteroatoms. The van der Waals surface area contributed by atoms with Crippen LogP contribution in [-0.4, -0.2) is 11.1 Å². The van der Waals surface area contributed by atoms with Crippen molar-refractivity contribution in [2.24, 2.45) is 0 Å². The van der Waals surface area contributed by atoms with Gasteiger partial charge in [-0.05, 0) is 38.5 Å². The third-order valence-corrected chi connectivity index (χ3v) is 1.61. The maximum Gasteiger partial charge on any atom is 0.123 e. The Morgan fingerprint density at radius 2 is 2.15 bits per heavy atom. The van der Waals surface area contributed by atoms with Crippen molar-refractivity contribution in [3.63, 3.8) is 0 Å². The molecule has 0 atom stereocenters. The van der Waals surface area contributed by atoms with Crippen LogP contribution in [0.3, 0.4) is 0 Å². The summed E-state index contributed by atoms with van der Waals surface area (Å²) in [6.45, 7) is 6.53. The molecular formula is C10H16N2O. The van der Waals surface area contributed by atoms with E-state index in [2.05, 4.69) is 4.98 Å². The summed E-state index contributed by atoms with van der Waals surface area (Å²) in [4.78, 5) is 4.16. The van der Waals surface area contributed by atoms with Crippen LogP contribution in [0.2, 0.25) is 0 Å². The molecule has 72 valence electrons. The van der Waals surface area contributed by atoms with Crippen molar-refractivity contribution in [3.05, 3.63) is 23.4 Å². The lowest BCUT2D eigenvalue weighted by molar-refractivity contribution is 0.0636. The van der Waals surface area contributed by atoms with Crippen LogP contribution >= 0.6 is 0 Å². The third-order valence-electron chi connectivity index (χ3n) is 1.61. The van der Waals surface area contributed by atoms with Gasteiger partial charge in [0.1, 0.15) is 5.82 Å². The number of hydrogen-bond acceptors (Lipinski definition) is 3. The molecule has 0 saturated heterocycles. The van der Waals surface area contributed by atoms with Crippen molar-refractivity contribution < 1.29 is 4.74 Å². The van der Waals surface area contributed by atoms with E-state index in [1.165, 1.54) is 0 Å². The van der Waals surface area contributed by atoms with Gasteiger partial charge in [-0.3, -0.25) is 0 Å². The van der Waals surface area contributed by atoms with Crippen molar-refractivity contribution in [1.29, 1.82) is 0 Å². The lowest BCUT2D eigenvalue weighted by Gasteiger charge is -2.07. The maximum absolute atomic E-state index is 5.60. The van der Waals surface area contributed by atoms with Crippen LogP contribution in [0.4, 0.5) is 5.82 Å². The number of hydrogen-bond donors (Lipinski definition) is 1. The summed E-state index contributed by atoms with van der Waals surface area (Å²) < 4.78 is 5.42. The molecule has 1 heterocycles. The van der Waals surface area contributed by atoms with Crippen LogP contribution in [0.1, 0.15) is 25.1 Å². The van der Waals surface area contributed by atoms with E-state index in [9.17, 15) is 0 Å². The Bertz CT molecular complexity index is 264. The van der Waals surface area contributed by atoms with E-state index in [-0.39, 0.29) is 6.10 Å². The fourth-order valence-corrected chi connectivity index (χ4v) is 1.09. The largest absolute Gasteiger partial charge is 0.384 e. The zero-order chi connectivity index (χ0) is 9.84.